The number of thiazole rings is 2. The van der Waals surface area contributed by atoms with Gasteiger partial charge in [0, 0.05) is 59.0 Å². The van der Waals surface area contributed by atoms with Crippen molar-refractivity contribution in [3.63, 3.8) is 0 Å². The third kappa shape index (κ3) is 16.9. The normalized spacial score (nSPS) is 20.2. The molecule has 2 aromatic heterocycles. The van der Waals surface area contributed by atoms with E-state index < -0.39 is 83.5 Å². The quantitative estimate of drug-likeness (QED) is 0.0441. The van der Waals surface area contributed by atoms with E-state index in [9.17, 15) is 32.8 Å². The van der Waals surface area contributed by atoms with E-state index in [1.54, 1.807) is 73.7 Å². The molecule has 5 N–H and O–H groups in total. The van der Waals surface area contributed by atoms with E-state index in [-0.39, 0.29) is 82.6 Å². The van der Waals surface area contributed by atoms with Crippen LogP contribution in [0.1, 0.15) is 99.4 Å². The van der Waals surface area contributed by atoms with Crippen molar-refractivity contribution in [2.24, 2.45) is 21.6 Å². The first-order valence-corrected chi connectivity index (χ1v) is 30.9. The number of morpholine rings is 2. The van der Waals surface area contributed by atoms with Gasteiger partial charge in [-0.3, -0.25) is 24.6 Å². The number of halogens is 3. The van der Waals surface area contributed by atoms with Crippen LogP contribution in [0.15, 0.2) is 90.4 Å². The molecule has 27 heteroatoms. The summed E-state index contributed by atoms with van der Waals surface area (Å²) in [5.41, 5.74) is 9.32. The Kier molecular flexibility index (Phi) is 22.7. The predicted octanol–water partition coefficient (Wildman–Crippen LogP) is 6.76. The van der Waals surface area contributed by atoms with Crippen molar-refractivity contribution in [3.05, 3.63) is 124 Å². The molecule has 0 aliphatic carbocycles. The van der Waals surface area contributed by atoms with Crippen molar-refractivity contribution in [1.29, 1.82) is 0 Å². The molecule has 86 heavy (non-hydrogen) atoms. The number of nitrogens with two attached hydrogens (primary N) is 1. The van der Waals surface area contributed by atoms with Gasteiger partial charge < -0.3 is 54.8 Å². The number of carbonyl (C=O) groups excluding carboxylic acids is 5. The lowest BCUT2D eigenvalue weighted by atomic mass is 9.92. The number of hydrogen-bond acceptors (Lipinski definition) is 23. The van der Waals surface area contributed by atoms with E-state index in [0.29, 0.717) is 86.2 Å². The van der Waals surface area contributed by atoms with Crippen LogP contribution in [0.4, 0.5) is 13.6 Å². The Hall–Kier alpha value is -6.59. The highest BCUT2D eigenvalue weighted by Gasteiger charge is 2.39. The van der Waals surface area contributed by atoms with E-state index in [1.165, 1.54) is 46.9 Å². The number of ether oxygens (including phenoxy) is 7. The van der Waals surface area contributed by atoms with Crippen molar-refractivity contribution in [1.82, 2.24) is 35.7 Å². The number of aryl methyl sites for hydroxylation is 2. The van der Waals surface area contributed by atoms with E-state index in [0.717, 1.165) is 0 Å². The predicted molar refractivity (Wildman–Crippen MR) is 320 cm³/mol. The molecule has 0 spiro atoms. The monoisotopic (exact) mass is 1290 g/mol. The van der Waals surface area contributed by atoms with E-state index in [2.05, 4.69) is 36.9 Å². The molecule has 4 aliphatic heterocycles. The van der Waals surface area contributed by atoms with Crippen LogP contribution in [0, 0.1) is 24.5 Å². The number of esters is 4. The zero-order valence-electron chi connectivity index (χ0n) is 49.2. The number of alkyl carbamates (subject to hydrolysis) is 1. The van der Waals surface area contributed by atoms with Gasteiger partial charge in [-0.25, -0.2) is 37.9 Å². The van der Waals surface area contributed by atoms with Gasteiger partial charge in [0.15, 0.2) is 21.7 Å². The van der Waals surface area contributed by atoms with Gasteiger partial charge in [0.2, 0.25) is 0 Å². The summed E-state index contributed by atoms with van der Waals surface area (Å²) in [5, 5.41) is 14.0. The maximum Gasteiger partial charge on any atom is 0.408 e. The van der Waals surface area contributed by atoms with Crippen LogP contribution in [0.3, 0.4) is 0 Å². The number of aromatic nitrogens is 2. The summed E-state index contributed by atoms with van der Waals surface area (Å²) in [6, 6.07) is 3.63. The number of amidine groups is 2. The molecule has 6 atom stereocenters. The molecule has 0 bridgehead atoms. The second-order valence-electron chi connectivity index (χ2n) is 22.1. The van der Waals surface area contributed by atoms with Gasteiger partial charge in [-0.15, -0.1) is 22.7 Å². The smallest absolute Gasteiger partial charge is 0.408 e. The summed E-state index contributed by atoms with van der Waals surface area (Å²) in [6.07, 6.45) is 1.34. The second kappa shape index (κ2) is 29.9. The summed E-state index contributed by atoms with van der Waals surface area (Å²) < 4.78 is 69.6. The first kappa shape index (κ1) is 65.4. The summed E-state index contributed by atoms with van der Waals surface area (Å²) in [6.45, 7) is 16.0. The average Bonchev–Trinajstić information content (AvgIpc) is 1.10. The minimum absolute atomic E-state index is 0.0614. The molecule has 0 saturated carbocycles. The molecule has 2 fully saturated rings. The maximum absolute atomic E-state index is 14.7. The van der Waals surface area contributed by atoms with E-state index in [4.69, 9.17) is 53.9 Å². The van der Waals surface area contributed by atoms with Crippen LogP contribution in [0.2, 0.25) is 0 Å². The number of aliphatic imine (C=N–C) groups is 2. The fraction of sp³-hybridized carbons (Fsp3) is 0.508. The van der Waals surface area contributed by atoms with Crippen molar-refractivity contribution in [3.8, 4) is 0 Å². The highest BCUT2D eigenvalue weighted by atomic mass is 79.9. The van der Waals surface area contributed by atoms with Crippen LogP contribution < -0.4 is 21.7 Å². The summed E-state index contributed by atoms with van der Waals surface area (Å²) in [4.78, 5) is 91.3. The van der Waals surface area contributed by atoms with Gasteiger partial charge in [0.05, 0.1) is 68.6 Å². The first-order chi connectivity index (χ1) is 41.1. The van der Waals surface area contributed by atoms with E-state index >= 15 is 0 Å². The minimum Gasteiger partial charge on any atom is -0.463 e. The highest BCUT2D eigenvalue weighted by molar-refractivity contribution is 9.10. The molecule has 1 amide bonds. The Morgan fingerprint density at radius 2 is 1.36 bits per heavy atom. The average molecular weight is 1300 g/mol. The molecule has 0 radical (unpaired) electrons. The van der Waals surface area contributed by atoms with Crippen LogP contribution in [0.5, 0.6) is 0 Å². The molecule has 6 unspecified atom stereocenters. The van der Waals surface area contributed by atoms with Gasteiger partial charge in [-0.05, 0) is 101 Å². The molecule has 464 valence electrons. The number of rotatable bonds is 23. The third-order valence-corrected chi connectivity index (χ3v) is 16.6. The maximum atomic E-state index is 14.7. The minimum atomic E-state index is -1.04. The van der Waals surface area contributed by atoms with Crippen LogP contribution >= 0.6 is 38.6 Å². The van der Waals surface area contributed by atoms with Gasteiger partial charge >= 0.3 is 30.0 Å². The topological polar surface area (TPSA) is 269 Å². The fourth-order valence-corrected chi connectivity index (χ4v) is 11.9. The highest BCUT2D eigenvalue weighted by Crippen LogP contribution is 2.39. The molecule has 4 aliphatic rings. The van der Waals surface area contributed by atoms with Crippen molar-refractivity contribution in [2.45, 2.75) is 110 Å². The molecule has 2 saturated heterocycles. The number of carbonyl (C=O) groups is 5. The standard InChI is InChI=1S/C59H73BrF2N10O12S2/c1-9-80-55(74)45-43(25-72-19-21-79-28-38(72)30-83-57(76)47(32(3)4)70-58(77)84-59(6,7)8)67-51(68-48(45)39-14-11-34(61)23-33(39)5)53-65-36(31-86-53)13-16-42(63)54(73)82-29-37-27-78-20-18-71(37)26-44-46(56(75)81-10-2)49(40-15-12-35(62)24-41(40)60)69-50(66-44)52-64-17-22-85-52/h11-12,14-15,17,22-24,31-32,37-38,42,47-49H,9-10,13,16,18-21,25-30,63H2,1-8H3,(H,66,69)(H,67,68)(H,70,77). The Labute approximate surface area is 514 Å². The molecule has 22 nitrogen and oxygen atoms in total. The first-order valence-electron chi connectivity index (χ1n) is 28.4. The molecular weight excluding hydrogens is 1220 g/mol. The lowest BCUT2D eigenvalue weighted by Gasteiger charge is -2.37. The van der Waals surface area contributed by atoms with Crippen LogP contribution in [0.25, 0.3) is 0 Å². The lowest BCUT2D eigenvalue weighted by molar-refractivity contribution is -0.151. The number of benzene rings is 2. The molecular formula is C59H73BrF2N10O12S2. The summed E-state index contributed by atoms with van der Waals surface area (Å²) >= 11 is 6.12. The number of nitrogens with zero attached hydrogens (tertiary/aromatic N) is 6. The molecule has 2 aromatic carbocycles. The van der Waals surface area contributed by atoms with Crippen molar-refractivity contribution >= 4 is 80.2 Å². The van der Waals surface area contributed by atoms with Crippen LogP contribution in [-0.2, 0) is 58.8 Å². The third-order valence-electron chi connectivity index (χ3n) is 14.3. The van der Waals surface area contributed by atoms with Gasteiger partial charge in [0.25, 0.3) is 0 Å². The molecule has 4 aromatic rings. The van der Waals surface area contributed by atoms with Crippen LogP contribution in [-0.4, -0.2) is 170 Å². The van der Waals surface area contributed by atoms with Crippen molar-refractivity contribution < 1.29 is 65.9 Å². The lowest BCUT2D eigenvalue weighted by Crippen LogP contribution is -2.52. The molecule has 8 rings (SSSR count). The fourth-order valence-electron chi connectivity index (χ4n) is 9.96. The zero-order chi connectivity index (χ0) is 61.8. The Bertz CT molecular complexity index is 3230. The summed E-state index contributed by atoms with van der Waals surface area (Å²) in [5.74, 6) is -3.05. The number of nitrogens with one attached hydrogen (secondary N) is 3. The van der Waals surface area contributed by atoms with Gasteiger partial charge in [-0.1, -0.05) is 41.9 Å². The molecule has 6 heterocycles. The number of hydrogen-bond donors (Lipinski definition) is 4. The Morgan fingerprint density at radius 1 is 0.802 bits per heavy atom. The zero-order valence-corrected chi connectivity index (χ0v) is 52.5. The van der Waals surface area contributed by atoms with Gasteiger partial charge in [0.1, 0.15) is 54.6 Å². The second-order valence-corrected chi connectivity index (χ2v) is 24.7. The largest absolute Gasteiger partial charge is 0.463 e. The Morgan fingerprint density at radius 3 is 1.90 bits per heavy atom. The summed E-state index contributed by atoms with van der Waals surface area (Å²) in [7, 11) is 0. The van der Waals surface area contributed by atoms with Crippen molar-refractivity contribution in [2.75, 3.05) is 79.0 Å². The van der Waals surface area contributed by atoms with E-state index in [1.807, 2.05) is 20.6 Å². The Balaban J connectivity index is 0.960. The number of amides is 1. The SMILES string of the molecule is CCOC(=O)C1=C(CN2CCOCC2COC(=O)C(NC(=O)OC(C)(C)C)C(C)C)NC(c2nc(CCC(N)C(=O)OCC3COCCN3CC3=C(C(=O)OCC)C(c4ccc(F)cc4Br)N=C(c4nccs4)N3)cs2)=NC1c1ccc(F)cc1C. The van der Waals surface area contributed by atoms with Gasteiger partial charge in [-0.2, -0.15) is 0 Å².